The minimum atomic E-state index is -3.92. The Morgan fingerprint density at radius 1 is 1.03 bits per heavy atom. The molecule has 0 aromatic heterocycles. The summed E-state index contributed by atoms with van der Waals surface area (Å²) in [5, 5.41) is 0. The van der Waals surface area contributed by atoms with Crippen LogP contribution >= 0.6 is 0 Å². The van der Waals surface area contributed by atoms with Crippen molar-refractivity contribution >= 4 is 21.6 Å². The van der Waals surface area contributed by atoms with Gasteiger partial charge >= 0.3 is 0 Å². The van der Waals surface area contributed by atoms with Crippen LogP contribution in [0, 0.1) is 5.92 Å². The van der Waals surface area contributed by atoms with Crippen molar-refractivity contribution in [2.75, 3.05) is 32.0 Å². The highest BCUT2D eigenvalue weighted by Crippen LogP contribution is 2.29. The molecule has 1 heterocycles. The Hall–Kier alpha value is -2.74. The molecule has 0 saturated carbocycles. The lowest BCUT2D eigenvalue weighted by Crippen LogP contribution is -2.38. The zero-order chi connectivity index (χ0) is 21.0. The topological polar surface area (TPSA) is 84.9 Å². The van der Waals surface area contributed by atoms with Gasteiger partial charge in [-0.3, -0.25) is 9.52 Å². The minimum Gasteiger partial charge on any atom is -0.496 e. The molecule has 1 fully saturated rings. The van der Waals surface area contributed by atoms with Gasteiger partial charge in [-0.1, -0.05) is 19.1 Å². The molecule has 0 atom stereocenters. The fourth-order valence-electron chi connectivity index (χ4n) is 3.34. The molecule has 8 heteroatoms. The number of likely N-dealkylation sites (tertiary alicyclic amines) is 1. The van der Waals surface area contributed by atoms with Crippen molar-refractivity contribution in [1.82, 2.24) is 4.90 Å². The lowest BCUT2D eigenvalue weighted by Gasteiger charge is -2.30. The lowest BCUT2D eigenvalue weighted by atomic mass is 9.98. The molecular formula is C21H26N2O5S. The van der Waals surface area contributed by atoms with Crippen molar-refractivity contribution in [2.24, 2.45) is 5.92 Å². The molecule has 1 N–H and O–H groups in total. The van der Waals surface area contributed by atoms with Gasteiger partial charge in [0.15, 0.2) is 0 Å². The van der Waals surface area contributed by atoms with Crippen molar-refractivity contribution in [3.63, 3.8) is 0 Å². The number of hydrogen-bond donors (Lipinski definition) is 1. The molecule has 29 heavy (non-hydrogen) atoms. The van der Waals surface area contributed by atoms with Gasteiger partial charge in [-0.25, -0.2) is 8.42 Å². The predicted molar refractivity (Wildman–Crippen MR) is 111 cm³/mol. The zero-order valence-electron chi connectivity index (χ0n) is 16.8. The number of carbonyl (C=O) groups is 1. The van der Waals surface area contributed by atoms with Crippen LogP contribution < -0.4 is 14.2 Å². The van der Waals surface area contributed by atoms with Gasteiger partial charge in [-0.05, 0) is 49.1 Å². The maximum atomic E-state index is 13.0. The summed E-state index contributed by atoms with van der Waals surface area (Å²) in [7, 11) is -0.990. The first-order valence-electron chi connectivity index (χ1n) is 9.49. The number of hydrogen-bond acceptors (Lipinski definition) is 5. The molecule has 2 aromatic carbocycles. The van der Waals surface area contributed by atoms with Gasteiger partial charge in [0.25, 0.3) is 15.9 Å². The average Bonchev–Trinajstić information content (AvgIpc) is 2.73. The van der Waals surface area contributed by atoms with Crippen LogP contribution in [0.5, 0.6) is 11.5 Å². The third-order valence-corrected chi connectivity index (χ3v) is 6.50. The number of methoxy groups -OCH3 is 2. The summed E-state index contributed by atoms with van der Waals surface area (Å²) in [5.74, 6) is 1.12. The molecule has 3 rings (SSSR count). The Morgan fingerprint density at radius 2 is 1.69 bits per heavy atom. The molecule has 2 aromatic rings. The van der Waals surface area contributed by atoms with Gasteiger partial charge in [0.2, 0.25) is 0 Å². The third kappa shape index (κ3) is 4.64. The standard InChI is InChI=1S/C21H26N2O5S/c1-15-10-12-23(13-11-15)21(24)17-14-16(8-9-19(17)27-2)29(25,26)22-18-6-4-5-7-20(18)28-3/h4-9,14-15,22H,10-13H2,1-3H3. The second-order valence-corrected chi connectivity index (χ2v) is 8.82. The van der Waals surface area contributed by atoms with Gasteiger partial charge in [-0.15, -0.1) is 0 Å². The number of sulfonamides is 1. The van der Waals surface area contributed by atoms with E-state index < -0.39 is 10.0 Å². The Kier molecular flexibility index (Phi) is 6.32. The maximum absolute atomic E-state index is 13.0. The number of rotatable bonds is 6. The van der Waals surface area contributed by atoms with Crippen LogP contribution in [-0.4, -0.2) is 46.5 Å². The number of nitrogens with one attached hydrogen (secondary N) is 1. The first-order chi connectivity index (χ1) is 13.9. The Bertz CT molecular complexity index is 982. The molecule has 1 amide bonds. The van der Waals surface area contributed by atoms with Gasteiger partial charge in [0, 0.05) is 13.1 Å². The number of nitrogens with zero attached hydrogens (tertiary/aromatic N) is 1. The second-order valence-electron chi connectivity index (χ2n) is 7.14. The molecule has 7 nitrogen and oxygen atoms in total. The molecule has 1 aliphatic rings. The summed E-state index contributed by atoms with van der Waals surface area (Å²) in [6, 6.07) is 11.0. The Labute approximate surface area is 171 Å². The smallest absolute Gasteiger partial charge is 0.262 e. The monoisotopic (exact) mass is 418 g/mol. The number of amides is 1. The molecular weight excluding hydrogens is 392 g/mol. The second kappa shape index (κ2) is 8.73. The van der Waals surface area contributed by atoms with Crippen molar-refractivity contribution < 1.29 is 22.7 Å². The molecule has 0 bridgehead atoms. The van der Waals surface area contributed by atoms with E-state index in [1.54, 1.807) is 29.2 Å². The zero-order valence-corrected chi connectivity index (χ0v) is 17.7. The van der Waals surface area contributed by atoms with Gasteiger partial charge < -0.3 is 14.4 Å². The van der Waals surface area contributed by atoms with Gasteiger partial charge in [0.1, 0.15) is 11.5 Å². The van der Waals surface area contributed by atoms with Gasteiger partial charge in [-0.2, -0.15) is 0 Å². The van der Waals surface area contributed by atoms with E-state index in [0.717, 1.165) is 12.8 Å². The summed E-state index contributed by atoms with van der Waals surface area (Å²) >= 11 is 0. The number of anilines is 1. The molecule has 1 aliphatic heterocycles. The molecule has 0 spiro atoms. The average molecular weight is 419 g/mol. The van der Waals surface area contributed by atoms with E-state index in [0.29, 0.717) is 36.2 Å². The predicted octanol–water partition coefficient (Wildman–Crippen LogP) is 3.38. The minimum absolute atomic E-state index is 0.0158. The normalized spacial score (nSPS) is 15.1. The van der Waals surface area contributed by atoms with E-state index in [1.165, 1.54) is 32.4 Å². The summed E-state index contributed by atoms with van der Waals surface area (Å²) in [6.07, 6.45) is 1.86. The van der Waals surface area contributed by atoms with Crippen LogP contribution in [0.25, 0.3) is 0 Å². The highest BCUT2D eigenvalue weighted by Gasteiger charge is 2.26. The summed E-state index contributed by atoms with van der Waals surface area (Å²) in [6.45, 7) is 3.47. The van der Waals surface area contributed by atoms with Crippen molar-refractivity contribution in [1.29, 1.82) is 0 Å². The number of piperidine rings is 1. The fourth-order valence-corrected chi connectivity index (χ4v) is 4.43. The van der Waals surface area contributed by atoms with Crippen LogP contribution in [0.3, 0.4) is 0 Å². The van der Waals surface area contributed by atoms with Crippen molar-refractivity contribution in [3.05, 3.63) is 48.0 Å². The molecule has 0 aliphatic carbocycles. The van der Waals surface area contributed by atoms with Crippen LogP contribution in [0.15, 0.2) is 47.4 Å². The van der Waals surface area contributed by atoms with Crippen LogP contribution in [0.4, 0.5) is 5.69 Å². The van der Waals surface area contributed by atoms with E-state index in [9.17, 15) is 13.2 Å². The maximum Gasteiger partial charge on any atom is 0.262 e. The molecule has 0 radical (unpaired) electrons. The summed E-state index contributed by atoms with van der Waals surface area (Å²) in [4.78, 5) is 14.8. The lowest BCUT2D eigenvalue weighted by molar-refractivity contribution is 0.0693. The van der Waals surface area contributed by atoms with Crippen LogP contribution in [-0.2, 0) is 10.0 Å². The summed E-state index contributed by atoms with van der Waals surface area (Å²) in [5.41, 5.74) is 0.564. The van der Waals surface area contributed by atoms with E-state index in [-0.39, 0.29) is 16.4 Å². The van der Waals surface area contributed by atoms with E-state index in [4.69, 9.17) is 9.47 Å². The number of carbonyl (C=O) groups excluding carboxylic acids is 1. The van der Waals surface area contributed by atoms with E-state index in [2.05, 4.69) is 11.6 Å². The quantitative estimate of drug-likeness (QED) is 0.777. The third-order valence-electron chi connectivity index (χ3n) is 5.13. The van der Waals surface area contributed by atoms with Crippen LogP contribution in [0.1, 0.15) is 30.1 Å². The van der Waals surface area contributed by atoms with Crippen molar-refractivity contribution in [3.8, 4) is 11.5 Å². The molecule has 0 unspecified atom stereocenters. The first kappa shape index (κ1) is 21.0. The van der Waals surface area contributed by atoms with Gasteiger partial charge in [0.05, 0.1) is 30.4 Å². The highest BCUT2D eigenvalue weighted by molar-refractivity contribution is 7.92. The van der Waals surface area contributed by atoms with E-state index in [1.807, 2.05) is 0 Å². The molecule has 1 saturated heterocycles. The van der Waals surface area contributed by atoms with Crippen LogP contribution in [0.2, 0.25) is 0 Å². The Balaban J connectivity index is 1.92. The SMILES string of the molecule is COc1ccccc1NS(=O)(=O)c1ccc(OC)c(C(=O)N2CCC(C)CC2)c1. The number of para-hydroxylation sites is 2. The Morgan fingerprint density at radius 3 is 2.34 bits per heavy atom. The summed E-state index contributed by atoms with van der Waals surface area (Å²) < 4.78 is 38.9. The van der Waals surface area contributed by atoms with E-state index >= 15 is 0 Å². The largest absolute Gasteiger partial charge is 0.496 e. The number of ether oxygens (including phenoxy) is 2. The first-order valence-corrected chi connectivity index (χ1v) is 11.0. The highest BCUT2D eigenvalue weighted by atomic mass is 32.2. The number of benzene rings is 2. The fraction of sp³-hybridized carbons (Fsp3) is 0.381. The molecule has 156 valence electrons. The van der Waals surface area contributed by atoms with Crippen molar-refractivity contribution in [2.45, 2.75) is 24.7 Å².